The van der Waals surface area contributed by atoms with Gasteiger partial charge in [0.2, 0.25) is 0 Å². The first-order valence-corrected chi connectivity index (χ1v) is 11.4. The summed E-state index contributed by atoms with van der Waals surface area (Å²) in [4.78, 5) is 32.3. The molecule has 0 spiro atoms. The van der Waals surface area contributed by atoms with E-state index >= 15 is 0 Å². The maximum atomic E-state index is 13.2. The summed E-state index contributed by atoms with van der Waals surface area (Å²) >= 11 is 0. The number of carbonyl (C=O) groups excluding carboxylic acids is 2. The normalized spacial score (nSPS) is 21.4. The Balaban J connectivity index is 1.81. The van der Waals surface area contributed by atoms with Gasteiger partial charge in [0.25, 0.3) is 11.7 Å². The van der Waals surface area contributed by atoms with Gasteiger partial charge in [-0.05, 0) is 69.0 Å². The summed E-state index contributed by atoms with van der Waals surface area (Å²) in [6.07, 6.45) is 8.29. The van der Waals surface area contributed by atoms with Crippen molar-refractivity contribution < 1.29 is 19.4 Å². The molecule has 4 rings (SSSR count). The number of nitrogens with zero attached hydrogens (tertiary/aromatic N) is 2. The van der Waals surface area contributed by atoms with Crippen LogP contribution in [-0.4, -0.2) is 38.8 Å². The minimum absolute atomic E-state index is 0.0146. The smallest absolute Gasteiger partial charge is 0.295 e. The monoisotopic (exact) mass is 434 g/mol. The van der Waals surface area contributed by atoms with Crippen molar-refractivity contribution in [2.24, 2.45) is 0 Å². The second kappa shape index (κ2) is 9.15. The minimum atomic E-state index is -0.640. The fourth-order valence-corrected chi connectivity index (χ4v) is 4.79. The Morgan fingerprint density at radius 1 is 1.16 bits per heavy atom. The molecule has 2 aromatic rings. The summed E-state index contributed by atoms with van der Waals surface area (Å²) in [6, 6.07) is 8.31. The number of aliphatic hydroxyl groups is 1. The number of ketones is 1. The predicted octanol–water partition coefficient (Wildman–Crippen LogP) is 4.93. The number of pyridine rings is 1. The van der Waals surface area contributed by atoms with Crippen molar-refractivity contribution in [3.63, 3.8) is 0 Å². The fraction of sp³-hybridized carbons (Fsp3) is 0.423. The predicted molar refractivity (Wildman–Crippen MR) is 122 cm³/mol. The molecular weight excluding hydrogens is 404 g/mol. The van der Waals surface area contributed by atoms with Crippen molar-refractivity contribution in [1.82, 2.24) is 9.88 Å². The molecule has 6 heteroatoms. The Bertz CT molecular complexity index is 1040. The number of ether oxygens (including phenoxy) is 1. The lowest BCUT2D eigenvalue weighted by molar-refractivity contribution is -0.141. The zero-order chi connectivity index (χ0) is 22.8. The van der Waals surface area contributed by atoms with E-state index in [4.69, 9.17) is 4.74 Å². The van der Waals surface area contributed by atoms with Gasteiger partial charge in [-0.2, -0.15) is 0 Å². The highest BCUT2D eigenvalue weighted by Crippen LogP contribution is 2.43. The van der Waals surface area contributed by atoms with Crippen LogP contribution in [0.1, 0.15) is 68.7 Å². The van der Waals surface area contributed by atoms with E-state index in [1.54, 1.807) is 41.6 Å². The maximum Gasteiger partial charge on any atom is 0.295 e. The molecule has 2 heterocycles. The first-order valence-electron chi connectivity index (χ1n) is 11.4. The highest BCUT2D eigenvalue weighted by Gasteiger charge is 2.48. The summed E-state index contributed by atoms with van der Waals surface area (Å²) < 4.78 is 5.79. The molecule has 1 aliphatic carbocycles. The molecule has 0 bridgehead atoms. The number of aromatic nitrogens is 1. The quantitative estimate of drug-likeness (QED) is 0.410. The SMILES string of the molecule is Cc1cc(/C(O)=C2/C(=O)C(=O)N(C3CCCCC3)C2c2cccnc2)ccc1OC(C)C. The Hall–Kier alpha value is -3.15. The average Bonchev–Trinajstić information content (AvgIpc) is 3.06. The molecule has 1 aromatic heterocycles. The van der Waals surface area contributed by atoms with E-state index in [-0.39, 0.29) is 23.5 Å². The topological polar surface area (TPSA) is 79.7 Å². The first-order chi connectivity index (χ1) is 15.4. The van der Waals surface area contributed by atoms with Crippen LogP contribution in [0.4, 0.5) is 0 Å². The molecule has 0 radical (unpaired) electrons. The highest BCUT2D eigenvalue weighted by molar-refractivity contribution is 6.46. The van der Waals surface area contributed by atoms with Crippen molar-refractivity contribution in [3.05, 3.63) is 65.0 Å². The summed E-state index contributed by atoms with van der Waals surface area (Å²) in [7, 11) is 0. The van der Waals surface area contributed by atoms with Gasteiger partial charge in [-0.3, -0.25) is 14.6 Å². The van der Waals surface area contributed by atoms with Gasteiger partial charge >= 0.3 is 0 Å². The molecule has 2 aliphatic rings. The van der Waals surface area contributed by atoms with Gasteiger partial charge in [-0.25, -0.2) is 0 Å². The molecule has 1 aromatic carbocycles. The molecule has 2 fully saturated rings. The van der Waals surface area contributed by atoms with Crippen LogP contribution in [0.25, 0.3) is 5.76 Å². The highest BCUT2D eigenvalue weighted by atomic mass is 16.5. The van der Waals surface area contributed by atoms with Crippen molar-refractivity contribution in [2.75, 3.05) is 0 Å². The molecule has 1 N–H and O–H groups in total. The van der Waals surface area contributed by atoms with E-state index in [0.29, 0.717) is 5.56 Å². The van der Waals surface area contributed by atoms with Crippen molar-refractivity contribution >= 4 is 17.4 Å². The van der Waals surface area contributed by atoms with E-state index in [1.807, 2.05) is 26.8 Å². The number of rotatable bonds is 5. The molecule has 1 unspecified atom stereocenters. The van der Waals surface area contributed by atoms with Crippen LogP contribution >= 0.6 is 0 Å². The van der Waals surface area contributed by atoms with Gasteiger partial charge in [0.15, 0.2) is 0 Å². The Morgan fingerprint density at radius 2 is 1.91 bits per heavy atom. The largest absolute Gasteiger partial charge is 0.507 e. The number of likely N-dealkylation sites (tertiary alicyclic amines) is 1. The third-order valence-corrected chi connectivity index (χ3v) is 6.26. The van der Waals surface area contributed by atoms with Gasteiger partial charge in [0, 0.05) is 24.0 Å². The summed E-state index contributed by atoms with van der Waals surface area (Å²) in [6.45, 7) is 5.80. The lowest BCUT2D eigenvalue weighted by Gasteiger charge is -2.35. The number of hydrogen-bond acceptors (Lipinski definition) is 5. The van der Waals surface area contributed by atoms with Crippen LogP contribution in [0.3, 0.4) is 0 Å². The molecule has 32 heavy (non-hydrogen) atoms. The summed E-state index contributed by atoms with van der Waals surface area (Å²) in [5.41, 5.74) is 2.21. The molecule has 1 atom stereocenters. The van der Waals surface area contributed by atoms with Crippen molar-refractivity contribution in [2.45, 2.75) is 71.1 Å². The van der Waals surface area contributed by atoms with E-state index in [1.165, 1.54) is 0 Å². The number of amides is 1. The van der Waals surface area contributed by atoms with Crippen LogP contribution in [0.15, 0.2) is 48.3 Å². The maximum absolute atomic E-state index is 13.2. The van der Waals surface area contributed by atoms with Crippen LogP contribution in [0.5, 0.6) is 5.75 Å². The zero-order valence-corrected chi connectivity index (χ0v) is 18.9. The second-order valence-corrected chi connectivity index (χ2v) is 8.93. The third-order valence-electron chi connectivity index (χ3n) is 6.26. The molecule has 6 nitrogen and oxygen atoms in total. The summed E-state index contributed by atoms with van der Waals surface area (Å²) in [5, 5.41) is 11.3. The molecular formula is C26H30N2O4. The summed E-state index contributed by atoms with van der Waals surface area (Å²) in [5.74, 6) is -0.608. The van der Waals surface area contributed by atoms with Crippen LogP contribution in [0, 0.1) is 6.92 Å². The van der Waals surface area contributed by atoms with E-state index in [0.717, 1.165) is 49.0 Å². The Morgan fingerprint density at radius 3 is 2.53 bits per heavy atom. The van der Waals surface area contributed by atoms with Crippen molar-refractivity contribution in [1.29, 1.82) is 0 Å². The van der Waals surface area contributed by atoms with Crippen LogP contribution < -0.4 is 4.74 Å². The number of Topliss-reactive ketones (excluding diaryl/α,β-unsaturated/α-hetero) is 1. The van der Waals surface area contributed by atoms with Gasteiger partial charge in [0.05, 0.1) is 17.7 Å². The van der Waals surface area contributed by atoms with E-state index in [2.05, 4.69) is 4.98 Å². The average molecular weight is 435 g/mol. The molecule has 1 amide bonds. The number of hydrogen-bond donors (Lipinski definition) is 1. The van der Waals surface area contributed by atoms with Gasteiger partial charge in [0.1, 0.15) is 11.5 Å². The van der Waals surface area contributed by atoms with E-state index < -0.39 is 17.7 Å². The van der Waals surface area contributed by atoms with E-state index in [9.17, 15) is 14.7 Å². The number of carbonyl (C=O) groups is 2. The number of aliphatic hydroxyl groups excluding tert-OH is 1. The molecule has 168 valence electrons. The number of aryl methyl sites for hydroxylation is 1. The third kappa shape index (κ3) is 4.14. The Labute approximate surface area is 188 Å². The lowest BCUT2D eigenvalue weighted by atomic mass is 9.91. The first kappa shape index (κ1) is 22.1. The molecule has 1 saturated carbocycles. The fourth-order valence-electron chi connectivity index (χ4n) is 4.79. The van der Waals surface area contributed by atoms with Crippen LogP contribution in [0.2, 0.25) is 0 Å². The van der Waals surface area contributed by atoms with Gasteiger partial charge in [-0.1, -0.05) is 25.3 Å². The lowest BCUT2D eigenvalue weighted by Crippen LogP contribution is -2.40. The second-order valence-electron chi connectivity index (χ2n) is 8.93. The van der Waals surface area contributed by atoms with Crippen LogP contribution in [-0.2, 0) is 9.59 Å². The van der Waals surface area contributed by atoms with Crippen molar-refractivity contribution in [3.8, 4) is 5.75 Å². The molecule has 1 aliphatic heterocycles. The number of benzene rings is 1. The minimum Gasteiger partial charge on any atom is -0.507 e. The zero-order valence-electron chi connectivity index (χ0n) is 18.9. The Kier molecular flexibility index (Phi) is 6.31. The van der Waals surface area contributed by atoms with Gasteiger partial charge in [-0.15, -0.1) is 0 Å². The standard InChI is InChI=1S/C26H30N2O4/c1-16(2)32-21-12-11-18(14-17(21)3)24(29)22-23(19-8-7-13-27-15-19)28(26(31)25(22)30)20-9-5-4-6-10-20/h7-8,11-16,20,23,29H,4-6,9-10H2,1-3H3/b24-22-. The van der Waals surface area contributed by atoms with Gasteiger partial charge < -0.3 is 14.7 Å². The molecule has 1 saturated heterocycles.